The van der Waals surface area contributed by atoms with Crippen molar-refractivity contribution in [2.45, 2.75) is 25.4 Å². The fourth-order valence-electron chi connectivity index (χ4n) is 1.94. The predicted octanol–water partition coefficient (Wildman–Crippen LogP) is 0.619. The minimum absolute atomic E-state index is 0.411. The third kappa shape index (κ3) is 1.59. The van der Waals surface area contributed by atoms with Gasteiger partial charge in [0.15, 0.2) is 0 Å². The maximum absolute atomic E-state index is 9.71. The number of aliphatic hydroxyl groups is 1. The summed E-state index contributed by atoms with van der Waals surface area (Å²) >= 11 is 0. The summed E-state index contributed by atoms with van der Waals surface area (Å²) in [6, 6.07) is 0. The molecule has 4 heteroatoms. The maximum atomic E-state index is 9.71. The Labute approximate surface area is 76.7 Å². The Morgan fingerprint density at radius 1 is 1.69 bits per heavy atom. The van der Waals surface area contributed by atoms with Crippen LogP contribution in [0.15, 0.2) is 10.7 Å². The molecule has 0 aromatic carbocycles. The zero-order valence-electron chi connectivity index (χ0n) is 7.44. The van der Waals surface area contributed by atoms with Crippen LogP contribution >= 0.6 is 0 Å². The minimum Gasteiger partial charge on any atom is -0.388 e. The Hall–Kier alpha value is -0.870. The highest BCUT2D eigenvalue weighted by molar-refractivity contribution is 5.20. The van der Waals surface area contributed by atoms with Crippen LogP contribution in [0, 0.1) is 5.92 Å². The van der Waals surface area contributed by atoms with Gasteiger partial charge in [-0.3, -0.25) is 0 Å². The van der Waals surface area contributed by atoms with E-state index in [1.807, 2.05) is 0 Å². The molecule has 0 aliphatic heterocycles. The maximum Gasteiger partial charge on any atom is 0.142 e. The normalized spacial score (nSPS) is 27.2. The van der Waals surface area contributed by atoms with E-state index in [0.717, 1.165) is 30.6 Å². The topological polar surface area (TPSA) is 72.3 Å². The highest BCUT2D eigenvalue weighted by Gasteiger charge is 2.28. The molecule has 0 radical (unpaired) electrons. The number of aliphatic hydroxyl groups excluding tert-OH is 1. The number of fused-ring (bicyclic) bond motifs is 1. The van der Waals surface area contributed by atoms with Crippen LogP contribution in [-0.4, -0.2) is 16.8 Å². The van der Waals surface area contributed by atoms with E-state index in [-0.39, 0.29) is 0 Å². The van der Waals surface area contributed by atoms with Crippen molar-refractivity contribution in [1.82, 2.24) is 5.16 Å². The zero-order chi connectivity index (χ0) is 9.26. The molecular formula is C9H14N2O2. The van der Waals surface area contributed by atoms with Gasteiger partial charge in [-0.2, -0.15) is 0 Å². The van der Waals surface area contributed by atoms with Crippen LogP contribution in [0.1, 0.15) is 30.3 Å². The molecule has 4 nitrogen and oxygen atoms in total. The summed E-state index contributed by atoms with van der Waals surface area (Å²) in [5.74, 6) is 1.28. The first kappa shape index (κ1) is 8.72. The van der Waals surface area contributed by atoms with Gasteiger partial charge in [0, 0.05) is 12.0 Å². The fraction of sp³-hybridized carbons (Fsp3) is 0.667. The second-order valence-corrected chi connectivity index (χ2v) is 3.60. The third-order valence-corrected chi connectivity index (χ3v) is 2.64. The number of hydrogen-bond donors (Lipinski definition) is 2. The molecule has 0 saturated carbocycles. The molecule has 72 valence electrons. The first-order chi connectivity index (χ1) is 6.31. The monoisotopic (exact) mass is 182 g/mol. The lowest BCUT2D eigenvalue weighted by Gasteiger charge is -2.23. The van der Waals surface area contributed by atoms with Crippen LogP contribution in [0.2, 0.25) is 0 Å². The Morgan fingerprint density at radius 3 is 3.31 bits per heavy atom. The van der Waals surface area contributed by atoms with Crippen LogP contribution in [0.25, 0.3) is 0 Å². The average Bonchev–Trinajstić information content (AvgIpc) is 2.53. The van der Waals surface area contributed by atoms with Crippen molar-refractivity contribution in [2.24, 2.45) is 11.7 Å². The number of nitrogens with zero attached hydrogens (tertiary/aromatic N) is 1. The first-order valence-electron chi connectivity index (χ1n) is 4.63. The van der Waals surface area contributed by atoms with Crippen molar-refractivity contribution in [1.29, 1.82) is 0 Å². The molecule has 2 unspecified atom stereocenters. The number of aromatic nitrogens is 1. The lowest BCUT2D eigenvalue weighted by atomic mass is 9.85. The number of rotatable bonds is 2. The van der Waals surface area contributed by atoms with Crippen molar-refractivity contribution in [2.75, 3.05) is 6.54 Å². The lowest BCUT2D eigenvalue weighted by molar-refractivity contribution is 0.123. The summed E-state index contributed by atoms with van der Waals surface area (Å²) < 4.78 is 5.05. The number of hydrogen-bond acceptors (Lipinski definition) is 4. The molecule has 3 N–H and O–H groups in total. The highest BCUT2D eigenvalue weighted by Crippen LogP contribution is 2.34. The first-order valence-corrected chi connectivity index (χ1v) is 4.63. The molecule has 1 heterocycles. The molecule has 1 aliphatic carbocycles. The van der Waals surface area contributed by atoms with Crippen LogP contribution in [0.3, 0.4) is 0 Å². The molecule has 0 saturated heterocycles. The van der Waals surface area contributed by atoms with Gasteiger partial charge in [0.25, 0.3) is 0 Å². The molecule has 0 spiro atoms. The fourth-order valence-corrected chi connectivity index (χ4v) is 1.94. The second-order valence-electron chi connectivity index (χ2n) is 3.60. The summed E-state index contributed by atoms with van der Waals surface area (Å²) in [7, 11) is 0. The largest absolute Gasteiger partial charge is 0.388 e. The van der Waals surface area contributed by atoms with E-state index >= 15 is 0 Å². The van der Waals surface area contributed by atoms with Crippen LogP contribution in [0.4, 0.5) is 0 Å². The van der Waals surface area contributed by atoms with Crippen molar-refractivity contribution in [3.8, 4) is 0 Å². The van der Waals surface area contributed by atoms with Gasteiger partial charge in [-0.1, -0.05) is 5.16 Å². The Kier molecular flexibility index (Phi) is 2.33. The zero-order valence-corrected chi connectivity index (χ0v) is 7.44. The van der Waals surface area contributed by atoms with Gasteiger partial charge in [0.1, 0.15) is 5.76 Å². The molecule has 0 bridgehead atoms. The standard InChI is InChI=1S/C9H14N2O2/c10-2-1-6-3-8(12)7-5-11-13-9(7)4-6/h5-6,8,12H,1-4,10H2. The van der Waals surface area contributed by atoms with Gasteiger partial charge >= 0.3 is 0 Å². The van der Waals surface area contributed by atoms with E-state index < -0.39 is 6.10 Å². The predicted molar refractivity (Wildman–Crippen MR) is 46.9 cm³/mol. The molecule has 0 fully saturated rings. The van der Waals surface area contributed by atoms with Crippen LogP contribution in [0.5, 0.6) is 0 Å². The van der Waals surface area contributed by atoms with E-state index in [0.29, 0.717) is 12.5 Å². The third-order valence-electron chi connectivity index (χ3n) is 2.64. The van der Waals surface area contributed by atoms with Crippen molar-refractivity contribution < 1.29 is 9.63 Å². The lowest BCUT2D eigenvalue weighted by Crippen LogP contribution is -2.19. The summed E-state index contributed by atoms with van der Waals surface area (Å²) in [5, 5.41) is 13.4. The Balaban J connectivity index is 2.14. The smallest absolute Gasteiger partial charge is 0.142 e. The van der Waals surface area contributed by atoms with Crippen molar-refractivity contribution in [3.63, 3.8) is 0 Å². The van der Waals surface area contributed by atoms with Gasteiger partial charge in [-0.05, 0) is 25.3 Å². The summed E-state index contributed by atoms with van der Waals surface area (Å²) in [4.78, 5) is 0. The molecule has 1 aliphatic rings. The SMILES string of the molecule is NCCC1Cc2oncc2C(O)C1. The molecule has 13 heavy (non-hydrogen) atoms. The van der Waals surface area contributed by atoms with E-state index in [1.54, 1.807) is 6.20 Å². The quantitative estimate of drug-likeness (QED) is 0.703. The Morgan fingerprint density at radius 2 is 2.54 bits per heavy atom. The van der Waals surface area contributed by atoms with Gasteiger partial charge in [-0.25, -0.2) is 0 Å². The van der Waals surface area contributed by atoms with E-state index in [9.17, 15) is 5.11 Å². The van der Waals surface area contributed by atoms with E-state index in [4.69, 9.17) is 10.3 Å². The van der Waals surface area contributed by atoms with Gasteiger partial charge < -0.3 is 15.4 Å². The van der Waals surface area contributed by atoms with Gasteiger partial charge in [-0.15, -0.1) is 0 Å². The van der Waals surface area contributed by atoms with Crippen LogP contribution in [-0.2, 0) is 6.42 Å². The second kappa shape index (κ2) is 3.47. The highest BCUT2D eigenvalue weighted by atomic mass is 16.5. The number of nitrogens with two attached hydrogens (primary N) is 1. The van der Waals surface area contributed by atoms with Gasteiger partial charge in [0.2, 0.25) is 0 Å². The minimum atomic E-state index is -0.411. The molecular weight excluding hydrogens is 168 g/mol. The van der Waals surface area contributed by atoms with E-state index in [2.05, 4.69) is 5.16 Å². The van der Waals surface area contributed by atoms with Crippen molar-refractivity contribution >= 4 is 0 Å². The van der Waals surface area contributed by atoms with Crippen molar-refractivity contribution in [3.05, 3.63) is 17.5 Å². The Bertz CT molecular complexity index is 285. The summed E-state index contributed by atoms with van der Waals surface area (Å²) in [5.41, 5.74) is 6.33. The molecule has 1 aromatic rings. The van der Waals surface area contributed by atoms with Crippen LogP contribution < -0.4 is 5.73 Å². The molecule has 2 rings (SSSR count). The van der Waals surface area contributed by atoms with Gasteiger partial charge in [0.05, 0.1) is 12.3 Å². The van der Waals surface area contributed by atoms with E-state index in [1.165, 1.54) is 0 Å². The average molecular weight is 182 g/mol. The molecule has 0 amide bonds. The molecule has 2 atom stereocenters. The summed E-state index contributed by atoms with van der Waals surface area (Å²) in [6.07, 6.45) is 3.79. The summed E-state index contributed by atoms with van der Waals surface area (Å²) in [6.45, 7) is 0.668. The molecule has 1 aromatic heterocycles.